The Bertz CT molecular complexity index is 499. The summed E-state index contributed by atoms with van der Waals surface area (Å²) >= 11 is 3.28. The minimum atomic E-state index is -2.90. The average molecular weight is 350 g/mol. The highest BCUT2D eigenvalue weighted by molar-refractivity contribution is 9.10. The van der Waals surface area contributed by atoms with Crippen molar-refractivity contribution < 1.29 is 23.4 Å². The van der Waals surface area contributed by atoms with Gasteiger partial charge in [0, 0.05) is 16.6 Å². The molecule has 1 aliphatic heterocycles. The third kappa shape index (κ3) is 3.67. The molecule has 7 heteroatoms. The van der Waals surface area contributed by atoms with E-state index in [1.807, 2.05) is 0 Å². The van der Waals surface area contributed by atoms with E-state index in [4.69, 9.17) is 5.11 Å². The van der Waals surface area contributed by atoms with E-state index < -0.39 is 18.6 Å². The van der Waals surface area contributed by atoms with Crippen LogP contribution < -0.4 is 4.74 Å². The average Bonchev–Trinajstić information content (AvgIpc) is 2.80. The molecule has 0 radical (unpaired) electrons. The van der Waals surface area contributed by atoms with Gasteiger partial charge in [-0.05, 0) is 37.6 Å². The van der Waals surface area contributed by atoms with Crippen LogP contribution in [-0.4, -0.2) is 35.2 Å². The van der Waals surface area contributed by atoms with E-state index in [0.29, 0.717) is 18.5 Å². The molecule has 2 rings (SSSR count). The summed E-state index contributed by atoms with van der Waals surface area (Å²) in [6.07, 6.45) is 1.37. The predicted molar refractivity (Wildman–Crippen MR) is 71.8 cm³/mol. The van der Waals surface area contributed by atoms with Crippen molar-refractivity contribution in [2.24, 2.45) is 0 Å². The summed E-state index contributed by atoms with van der Waals surface area (Å²) in [6.45, 7) is -1.99. The molecular weight excluding hydrogens is 336 g/mol. The highest BCUT2D eigenvalue weighted by atomic mass is 79.9. The maximum Gasteiger partial charge on any atom is 0.387 e. The number of carboxylic acids is 1. The predicted octanol–water partition coefficient (Wildman–Crippen LogP) is 3.10. The van der Waals surface area contributed by atoms with Gasteiger partial charge in [0.05, 0.1) is 0 Å². The second kappa shape index (κ2) is 6.49. The minimum absolute atomic E-state index is 0.0826. The van der Waals surface area contributed by atoms with Gasteiger partial charge in [-0.25, -0.2) is 0 Å². The Morgan fingerprint density at radius 2 is 2.30 bits per heavy atom. The number of benzene rings is 1. The monoisotopic (exact) mass is 349 g/mol. The van der Waals surface area contributed by atoms with E-state index in [0.717, 1.165) is 10.9 Å². The van der Waals surface area contributed by atoms with Crippen LogP contribution in [-0.2, 0) is 11.3 Å². The van der Waals surface area contributed by atoms with E-state index in [-0.39, 0.29) is 12.3 Å². The molecule has 1 atom stereocenters. The number of alkyl halides is 2. The molecule has 0 spiro atoms. The molecule has 1 aliphatic rings. The molecule has 1 aromatic rings. The van der Waals surface area contributed by atoms with E-state index in [2.05, 4.69) is 20.7 Å². The number of hydrogen-bond acceptors (Lipinski definition) is 3. The molecular formula is C13H14BrF2NO3. The van der Waals surface area contributed by atoms with Gasteiger partial charge in [0.2, 0.25) is 0 Å². The Kier molecular flexibility index (Phi) is 4.93. The van der Waals surface area contributed by atoms with Gasteiger partial charge in [0.1, 0.15) is 11.8 Å². The van der Waals surface area contributed by atoms with Crippen LogP contribution in [0.4, 0.5) is 8.78 Å². The lowest BCUT2D eigenvalue weighted by molar-refractivity contribution is -0.142. The van der Waals surface area contributed by atoms with Crippen LogP contribution in [0.5, 0.6) is 5.75 Å². The Morgan fingerprint density at radius 3 is 2.95 bits per heavy atom. The molecule has 1 heterocycles. The molecule has 1 aromatic carbocycles. The first-order chi connectivity index (χ1) is 9.47. The zero-order chi connectivity index (χ0) is 14.7. The van der Waals surface area contributed by atoms with Crippen LogP contribution in [0.25, 0.3) is 0 Å². The zero-order valence-corrected chi connectivity index (χ0v) is 12.1. The highest BCUT2D eigenvalue weighted by Crippen LogP contribution is 2.28. The van der Waals surface area contributed by atoms with Gasteiger partial charge < -0.3 is 9.84 Å². The lowest BCUT2D eigenvalue weighted by Crippen LogP contribution is -2.35. The first kappa shape index (κ1) is 15.2. The van der Waals surface area contributed by atoms with Crippen molar-refractivity contribution in [3.8, 4) is 5.75 Å². The fraction of sp³-hybridized carbons (Fsp3) is 0.462. The van der Waals surface area contributed by atoms with Crippen LogP contribution in [0.1, 0.15) is 18.4 Å². The molecule has 1 N–H and O–H groups in total. The second-order valence-electron chi connectivity index (χ2n) is 4.60. The molecule has 0 aromatic heterocycles. The first-order valence-corrected chi connectivity index (χ1v) is 6.97. The summed E-state index contributed by atoms with van der Waals surface area (Å²) < 4.78 is 30.0. The van der Waals surface area contributed by atoms with Crippen molar-refractivity contribution in [2.45, 2.75) is 32.0 Å². The van der Waals surface area contributed by atoms with Gasteiger partial charge in [-0.3, -0.25) is 9.69 Å². The van der Waals surface area contributed by atoms with E-state index in [1.165, 1.54) is 6.07 Å². The van der Waals surface area contributed by atoms with Gasteiger partial charge >= 0.3 is 12.6 Å². The molecule has 1 fully saturated rings. The third-order valence-electron chi connectivity index (χ3n) is 3.26. The Balaban J connectivity index is 2.19. The van der Waals surface area contributed by atoms with Crippen LogP contribution in [0, 0.1) is 0 Å². The normalized spacial score (nSPS) is 19.5. The van der Waals surface area contributed by atoms with Gasteiger partial charge in [-0.2, -0.15) is 8.78 Å². The van der Waals surface area contributed by atoms with Gasteiger partial charge in [-0.1, -0.05) is 15.9 Å². The molecule has 110 valence electrons. The number of nitrogens with zero attached hydrogens (tertiary/aromatic N) is 1. The summed E-state index contributed by atoms with van der Waals surface area (Å²) in [7, 11) is 0. The molecule has 0 bridgehead atoms. The number of likely N-dealkylation sites (tertiary alicyclic amines) is 1. The Labute approximate surface area is 123 Å². The minimum Gasteiger partial charge on any atom is -0.480 e. The number of carboxylic acid groups (broad SMARTS) is 1. The lowest BCUT2D eigenvalue weighted by Gasteiger charge is -2.22. The smallest absolute Gasteiger partial charge is 0.387 e. The van der Waals surface area contributed by atoms with Crippen LogP contribution in [0.15, 0.2) is 22.7 Å². The van der Waals surface area contributed by atoms with Gasteiger partial charge in [0.25, 0.3) is 0 Å². The standard InChI is InChI=1S/C13H14BrF2NO3/c14-9-3-4-11(20-13(15)16)8(6-9)7-17-5-1-2-10(17)12(18)19/h3-4,6,10,13H,1-2,5,7H2,(H,18,19). The van der Waals surface area contributed by atoms with Crippen molar-refractivity contribution in [1.29, 1.82) is 0 Å². The Hall–Kier alpha value is -1.21. The van der Waals surface area contributed by atoms with Crippen molar-refractivity contribution in [1.82, 2.24) is 4.90 Å². The van der Waals surface area contributed by atoms with Gasteiger partial charge in [-0.15, -0.1) is 0 Å². The number of hydrogen-bond donors (Lipinski definition) is 1. The molecule has 0 amide bonds. The SMILES string of the molecule is O=C(O)C1CCCN1Cc1cc(Br)ccc1OC(F)F. The lowest BCUT2D eigenvalue weighted by atomic mass is 10.1. The molecule has 1 saturated heterocycles. The highest BCUT2D eigenvalue weighted by Gasteiger charge is 2.31. The number of ether oxygens (including phenoxy) is 1. The summed E-state index contributed by atoms with van der Waals surface area (Å²) in [5.74, 6) is -0.798. The summed E-state index contributed by atoms with van der Waals surface area (Å²) in [5.41, 5.74) is 0.549. The fourth-order valence-corrected chi connectivity index (χ4v) is 2.80. The zero-order valence-electron chi connectivity index (χ0n) is 10.6. The quantitative estimate of drug-likeness (QED) is 0.887. The van der Waals surface area contributed by atoms with E-state index >= 15 is 0 Å². The maximum absolute atomic E-state index is 12.4. The molecule has 20 heavy (non-hydrogen) atoms. The first-order valence-electron chi connectivity index (χ1n) is 6.17. The number of aliphatic carboxylic acids is 1. The number of halogens is 3. The largest absolute Gasteiger partial charge is 0.480 e. The van der Waals surface area contributed by atoms with Crippen LogP contribution in [0.2, 0.25) is 0 Å². The Morgan fingerprint density at radius 1 is 1.55 bits per heavy atom. The summed E-state index contributed by atoms with van der Waals surface area (Å²) in [6, 6.07) is 4.18. The molecule has 0 saturated carbocycles. The van der Waals surface area contributed by atoms with Crippen LogP contribution >= 0.6 is 15.9 Å². The van der Waals surface area contributed by atoms with E-state index in [9.17, 15) is 13.6 Å². The molecule has 0 aliphatic carbocycles. The number of rotatable bonds is 5. The van der Waals surface area contributed by atoms with Crippen molar-refractivity contribution in [2.75, 3.05) is 6.54 Å². The van der Waals surface area contributed by atoms with Crippen molar-refractivity contribution in [3.05, 3.63) is 28.2 Å². The topological polar surface area (TPSA) is 49.8 Å². The summed E-state index contributed by atoms with van der Waals surface area (Å²) in [5, 5.41) is 9.13. The van der Waals surface area contributed by atoms with Crippen molar-refractivity contribution in [3.63, 3.8) is 0 Å². The van der Waals surface area contributed by atoms with Crippen LogP contribution in [0.3, 0.4) is 0 Å². The van der Waals surface area contributed by atoms with Crippen molar-refractivity contribution >= 4 is 21.9 Å². The van der Waals surface area contributed by atoms with E-state index in [1.54, 1.807) is 17.0 Å². The summed E-state index contributed by atoms with van der Waals surface area (Å²) in [4.78, 5) is 12.9. The second-order valence-corrected chi connectivity index (χ2v) is 5.51. The molecule has 4 nitrogen and oxygen atoms in total. The number of carbonyl (C=O) groups is 1. The maximum atomic E-state index is 12.4. The molecule has 1 unspecified atom stereocenters. The fourth-order valence-electron chi connectivity index (χ4n) is 2.40. The van der Waals surface area contributed by atoms with Gasteiger partial charge in [0.15, 0.2) is 0 Å². The third-order valence-corrected chi connectivity index (χ3v) is 3.75.